The first kappa shape index (κ1) is 17.5. The molecule has 0 saturated carbocycles. The number of para-hydroxylation sites is 1. The number of benzene rings is 2. The molecule has 1 aromatic heterocycles. The molecular formula is C20H18ClN3O3. The molecule has 0 aliphatic carbocycles. The van der Waals surface area contributed by atoms with Gasteiger partial charge in [-0.25, -0.2) is 0 Å². The van der Waals surface area contributed by atoms with Crippen LogP contribution in [-0.2, 0) is 11.2 Å². The molecule has 1 aliphatic rings. The van der Waals surface area contributed by atoms with E-state index in [0.717, 1.165) is 23.3 Å². The first-order chi connectivity index (χ1) is 13.2. The summed E-state index contributed by atoms with van der Waals surface area (Å²) in [4.78, 5) is 16.7. The van der Waals surface area contributed by atoms with E-state index in [2.05, 4.69) is 15.5 Å². The molecule has 1 unspecified atom stereocenters. The molecule has 1 atom stereocenters. The fraction of sp³-hybridized carbons (Fsp3) is 0.250. The summed E-state index contributed by atoms with van der Waals surface area (Å²) in [5, 5.41) is 7.68. The van der Waals surface area contributed by atoms with Crippen LogP contribution in [0.1, 0.15) is 30.3 Å². The lowest BCUT2D eigenvalue weighted by Gasteiger charge is -2.26. The van der Waals surface area contributed by atoms with Crippen molar-refractivity contribution in [2.75, 3.05) is 6.61 Å². The van der Waals surface area contributed by atoms with Crippen LogP contribution in [0, 0.1) is 0 Å². The number of carbonyl (C=O) groups is 1. The Labute approximate surface area is 161 Å². The fourth-order valence-corrected chi connectivity index (χ4v) is 3.18. The third kappa shape index (κ3) is 4.11. The van der Waals surface area contributed by atoms with Gasteiger partial charge in [0, 0.05) is 35.4 Å². The smallest absolute Gasteiger partial charge is 0.227 e. The van der Waals surface area contributed by atoms with Crippen molar-refractivity contribution in [2.45, 2.75) is 25.3 Å². The van der Waals surface area contributed by atoms with Crippen molar-refractivity contribution in [3.63, 3.8) is 0 Å². The summed E-state index contributed by atoms with van der Waals surface area (Å²) in [6.45, 7) is 0.593. The minimum atomic E-state index is -0.0528. The van der Waals surface area contributed by atoms with E-state index in [1.807, 2.05) is 36.4 Å². The molecule has 0 radical (unpaired) electrons. The topological polar surface area (TPSA) is 77.2 Å². The van der Waals surface area contributed by atoms with Crippen molar-refractivity contribution in [2.24, 2.45) is 0 Å². The van der Waals surface area contributed by atoms with E-state index in [9.17, 15) is 4.79 Å². The van der Waals surface area contributed by atoms with Crippen molar-refractivity contribution in [1.82, 2.24) is 15.5 Å². The number of aryl methyl sites for hydroxylation is 1. The van der Waals surface area contributed by atoms with Gasteiger partial charge in [0.05, 0.1) is 12.6 Å². The molecule has 0 spiro atoms. The van der Waals surface area contributed by atoms with Gasteiger partial charge >= 0.3 is 0 Å². The Morgan fingerprint density at radius 3 is 2.85 bits per heavy atom. The Hall–Kier alpha value is -2.86. The lowest BCUT2D eigenvalue weighted by atomic mass is 10.0. The number of hydrogen-bond acceptors (Lipinski definition) is 5. The van der Waals surface area contributed by atoms with Crippen LogP contribution in [0.4, 0.5) is 0 Å². The Balaban J connectivity index is 1.34. The largest absolute Gasteiger partial charge is 0.493 e. The van der Waals surface area contributed by atoms with Crippen molar-refractivity contribution in [3.05, 3.63) is 65.0 Å². The maximum Gasteiger partial charge on any atom is 0.227 e. The highest BCUT2D eigenvalue weighted by atomic mass is 35.5. The molecular weight excluding hydrogens is 366 g/mol. The summed E-state index contributed by atoms with van der Waals surface area (Å²) < 4.78 is 10.9. The number of hydrogen-bond donors (Lipinski definition) is 1. The number of fused-ring (bicyclic) bond motifs is 1. The van der Waals surface area contributed by atoms with Gasteiger partial charge in [-0.3, -0.25) is 4.79 Å². The molecule has 7 heteroatoms. The minimum Gasteiger partial charge on any atom is -0.493 e. The molecule has 2 aromatic carbocycles. The van der Waals surface area contributed by atoms with Crippen LogP contribution in [0.2, 0.25) is 5.02 Å². The SMILES string of the molecule is O=C(CCc1nc(-c2ccc(Cl)cc2)no1)NC1CCOc2ccccc21. The van der Waals surface area contributed by atoms with Gasteiger partial charge in [-0.2, -0.15) is 4.98 Å². The maximum atomic E-state index is 12.4. The maximum absolute atomic E-state index is 12.4. The van der Waals surface area contributed by atoms with Gasteiger partial charge in [0.15, 0.2) is 0 Å². The lowest BCUT2D eigenvalue weighted by Crippen LogP contribution is -2.32. The van der Waals surface area contributed by atoms with E-state index in [-0.39, 0.29) is 18.4 Å². The quantitative estimate of drug-likeness (QED) is 0.721. The van der Waals surface area contributed by atoms with E-state index < -0.39 is 0 Å². The predicted octanol–water partition coefficient (Wildman–Crippen LogP) is 3.96. The van der Waals surface area contributed by atoms with Crippen molar-refractivity contribution >= 4 is 17.5 Å². The molecule has 0 fully saturated rings. The van der Waals surface area contributed by atoms with Gasteiger partial charge in [0.2, 0.25) is 17.6 Å². The number of halogens is 1. The Morgan fingerprint density at radius 2 is 2.00 bits per heavy atom. The van der Waals surface area contributed by atoms with Crippen molar-refractivity contribution in [3.8, 4) is 17.1 Å². The zero-order chi connectivity index (χ0) is 18.6. The summed E-state index contributed by atoms with van der Waals surface area (Å²) in [6.07, 6.45) is 1.42. The zero-order valence-corrected chi connectivity index (χ0v) is 15.3. The Kier molecular flexibility index (Phi) is 5.07. The average Bonchev–Trinajstić information content (AvgIpc) is 3.16. The number of ether oxygens (including phenoxy) is 1. The molecule has 138 valence electrons. The second-order valence-corrected chi connectivity index (χ2v) is 6.75. The first-order valence-corrected chi connectivity index (χ1v) is 9.16. The highest BCUT2D eigenvalue weighted by molar-refractivity contribution is 6.30. The fourth-order valence-electron chi connectivity index (χ4n) is 3.05. The minimum absolute atomic E-state index is 0.0326. The van der Waals surface area contributed by atoms with Gasteiger partial charge in [-0.1, -0.05) is 35.0 Å². The molecule has 4 rings (SSSR count). The van der Waals surface area contributed by atoms with Crippen LogP contribution in [0.15, 0.2) is 53.1 Å². The number of nitrogens with zero attached hydrogens (tertiary/aromatic N) is 2. The molecule has 1 aliphatic heterocycles. The third-order valence-corrected chi connectivity index (χ3v) is 4.68. The van der Waals surface area contributed by atoms with Gasteiger partial charge in [0.1, 0.15) is 5.75 Å². The predicted molar refractivity (Wildman–Crippen MR) is 101 cm³/mol. The number of aromatic nitrogens is 2. The highest BCUT2D eigenvalue weighted by Crippen LogP contribution is 2.31. The third-order valence-electron chi connectivity index (χ3n) is 4.43. The normalized spacial score (nSPS) is 15.7. The Bertz CT molecular complexity index is 940. The molecule has 1 amide bonds. The second-order valence-electron chi connectivity index (χ2n) is 6.31. The van der Waals surface area contributed by atoms with Crippen LogP contribution in [0.3, 0.4) is 0 Å². The molecule has 0 saturated heterocycles. The second kappa shape index (κ2) is 7.80. The average molecular weight is 384 g/mol. The monoisotopic (exact) mass is 383 g/mol. The standard InChI is InChI=1S/C20H18ClN3O3/c21-14-7-5-13(6-8-14)20-23-19(27-24-20)10-9-18(25)22-16-11-12-26-17-4-2-1-3-15(16)17/h1-8,16H,9-12H2,(H,22,25). The van der Waals surface area contributed by atoms with Crippen LogP contribution >= 0.6 is 11.6 Å². The van der Waals surface area contributed by atoms with E-state index in [1.54, 1.807) is 12.1 Å². The van der Waals surface area contributed by atoms with E-state index >= 15 is 0 Å². The summed E-state index contributed by atoms with van der Waals surface area (Å²) >= 11 is 5.88. The summed E-state index contributed by atoms with van der Waals surface area (Å²) in [7, 11) is 0. The number of rotatable bonds is 5. The molecule has 27 heavy (non-hydrogen) atoms. The number of carbonyl (C=O) groups excluding carboxylic acids is 1. The lowest BCUT2D eigenvalue weighted by molar-refractivity contribution is -0.122. The van der Waals surface area contributed by atoms with Crippen LogP contribution < -0.4 is 10.1 Å². The van der Waals surface area contributed by atoms with Crippen LogP contribution in [0.5, 0.6) is 5.75 Å². The summed E-state index contributed by atoms with van der Waals surface area (Å²) in [5.74, 6) is 1.70. The number of amides is 1. The summed E-state index contributed by atoms with van der Waals surface area (Å²) in [5.41, 5.74) is 1.83. The summed E-state index contributed by atoms with van der Waals surface area (Å²) in [6, 6.07) is 14.9. The van der Waals surface area contributed by atoms with E-state index in [4.69, 9.17) is 20.9 Å². The Morgan fingerprint density at radius 1 is 1.19 bits per heavy atom. The molecule has 2 heterocycles. The van der Waals surface area contributed by atoms with Gasteiger partial charge in [0.25, 0.3) is 0 Å². The van der Waals surface area contributed by atoms with Gasteiger partial charge in [-0.15, -0.1) is 0 Å². The van der Waals surface area contributed by atoms with Gasteiger partial charge in [-0.05, 0) is 30.3 Å². The molecule has 3 aromatic rings. The highest BCUT2D eigenvalue weighted by Gasteiger charge is 2.22. The molecule has 0 bridgehead atoms. The molecule has 6 nitrogen and oxygen atoms in total. The van der Waals surface area contributed by atoms with Crippen LogP contribution in [0.25, 0.3) is 11.4 Å². The van der Waals surface area contributed by atoms with Gasteiger partial charge < -0.3 is 14.6 Å². The van der Waals surface area contributed by atoms with Crippen molar-refractivity contribution in [1.29, 1.82) is 0 Å². The first-order valence-electron chi connectivity index (χ1n) is 8.78. The number of nitrogens with one attached hydrogen (secondary N) is 1. The zero-order valence-electron chi connectivity index (χ0n) is 14.5. The van der Waals surface area contributed by atoms with E-state index in [0.29, 0.717) is 29.8 Å². The van der Waals surface area contributed by atoms with Crippen LogP contribution in [-0.4, -0.2) is 22.7 Å². The molecule has 1 N–H and O–H groups in total. The van der Waals surface area contributed by atoms with Crippen molar-refractivity contribution < 1.29 is 14.1 Å². The van der Waals surface area contributed by atoms with E-state index in [1.165, 1.54) is 0 Å².